The van der Waals surface area contributed by atoms with Gasteiger partial charge in [0.1, 0.15) is 11.8 Å². The Labute approximate surface area is 160 Å². The number of aromatic nitrogens is 1. The number of piperidine rings is 1. The smallest absolute Gasteiger partial charge is 0.244 e. The zero-order valence-electron chi connectivity index (χ0n) is 15.6. The van der Waals surface area contributed by atoms with Gasteiger partial charge in [0.2, 0.25) is 5.91 Å². The van der Waals surface area contributed by atoms with Gasteiger partial charge in [-0.2, -0.15) is 0 Å². The van der Waals surface area contributed by atoms with Crippen LogP contribution in [0.15, 0.2) is 48.8 Å². The Balaban J connectivity index is 1.46. The highest BCUT2D eigenvalue weighted by molar-refractivity contribution is 5.83. The predicted molar refractivity (Wildman–Crippen MR) is 104 cm³/mol. The maximum Gasteiger partial charge on any atom is 0.244 e. The largest absolute Gasteiger partial charge is 0.508 e. The number of carbonyl (C=O) groups excluding carboxylic acids is 1. The van der Waals surface area contributed by atoms with Crippen LogP contribution >= 0.6 is 0 Å². The van der Waals surface area contributed by atoms with Crippen molar-refractivity contribution in [3.63, 3.8) is 0 Å². The molecule has 1 N–H and O–H groups in total. The van der Waals surface area contributed by atoms with Crippen LogP contribution in [0, 0.1) is 0 Å². The molecule has 2 aromatic rings. The van der Waals surface area contributed by atoms with Crippen molar-refractivity contribution in [3.8, 4) is 5.75 Å². The average molecular weight is 365 g/mol. The van der Waals surface area contributed by atoms with Crippen LogP contribution in [0.1, 0.15) is 48.8 Å². The zero-order chi connectivity index (χ0) is 18.6. The Kier molecular flexibility index (Phi) is 5.39. The Hall–Kier alpha value is -2.40. The molecule has 1 aromatic heterocycles. The molecule has 5 nitrogen and oxygen atoms in total. The maximum absolute atomic E-state index is 13.4. The summed E-state index contributed by atoms with van der Waals surface area (Å²) in [5.74, 6) is 0.931. The van der Waals surface area contributed by atoms with Gasteiger partial charge in [0.25, 0.3) is 0 Å². The molecule has 0 spiro atoms. The molecule has 0 saturated carbocycles. The summed E-state index contributed by atoms with van der Waals surface area (Å²) in [5, 5.41) is 9.73. The topological polar surface area (TPSA) is 56.7 Å². The number of phenols is 1. The first-order valence-corrected chi connectivity index (χ1v) is 9.94. The molecular weight excluding hydrogens is 338 g/mol. The minimum absolute atomic E-state index is 0.208. The van der Waals surface area contributed by atoms with Crippen LogP contribution < -0.4 is 0 Å². The highest BCUT2D eigenvalue weighted by Gasteiger charge is 2.34. The Morgan fingerprint density at radius 2 is 1.85 bits per heavy atom. The van der Waals surface area contributed by atoms with Gasteiger partial charge in [-0.05, 0) is 74.0 Å². The highest BCUT2D eigenvalue weighted by Crippen LogP contribution is 2.32. The lowest BCUT2D eigenvalue weighted by Gasteiger charge is -2.37. The minimum atomic E-state index is -0.210. The third-order valence-corrected chi connectivity index (χ3v) is 5.89. The van der Waals surface area contributed by atoms with Crippen LogP contribution in [0.4, 0.5) is 0 Å². The van der Waals surface area contributed by atoms with Crippen molar-refractivity contribution in [2.24, 2.45) is 0 Å². The van der Waals surface area contributed by atoms with Gasteiger partial charge < -0.3 is 10.0 Å². The second-order valence-corrected chi connectivity index (χ2v) is 7.63. The SMILES string of the molecule is O=C(C(c1cccnc1)N1CCCC1)N1CCC(c2cccc(O)c2)CC1. The van der Waals surface area contributed by atoms with Crippen molar-refractivity contribution in [1.29, 1.82) is 0 Å². The second-order valence-electron chi connectivity index (χ2n) is 7.63. The minimum Gasteiger partial charge on any atom is -0.508 e. The zero-order valence-corrected chi connectivity index (χ0v) is 15.6. The lowest BCUT2D eigenvalue weighted by Crippen LogP contribution is -2.45. The van der Waals surface area contributed by atoms with Gasteiger partial charge in [-0.1, -0.05) is 18.2 Å². The Morgan fingerprint density at radius 3 is 2.52 bits per heavy atom. The number of likely N-dealkylation sites (tertiary alicyclic amines) is 2. The molecule has 27 heavy (non-hydrogen) atoms. The van der Waals surface area contributed by atoms with Gasteiger partial charge in [0.15, 0.2) is 0 Å². The first kappa shape index (κ1) is 18.0. The van der Waals surface area contributed by atoms with E-state index in [9.17, 15) is 9.90 Å². The molecule has 142 valence electrons. The molecule has 3 heterocycles. The van der Waals surface area contributed by atoms with E-state index in [1.807, 2.05) is 35.4 Å². The number of benzene rings is 1. The van der Waals surface area contributed by atoms with Crippen molar-refractivity contribution in [3.05, 3.63) is 59.9 Å². The molecule has 2 saturated heterocycles. The number of rotatable bonds is 4. The van der Waals surface area contributed by atoms with E-state index in [0.29, 0.717) is 11.7 Å². The normalized spacial score (nSPS) is 19.9. The van der Waals surface area contributed by atoms with Crippen molar-refractivity contribution < 1.29 is 9.90 Å². The van der Waals surface area contributed by atoms with Crippen LogP contribution in [0.25, 0.3) is 0 Å². The molecule has 1 unspecified atom stereocenters. The van der Waals surface area contributed by atoms with E-state index in [-0.39, 0.29) is 11.9 Å². The number of nitrogens with zero attached hydrogens (tertiary/aromatic N) is 3. The van der Waals surface area contributed by atoms with E-state index >= 15 is 0 Å². The van der Waals surface area contributed by atoms with Crippen molar-refractivity contribution in [1.82, 2.24) is 14.8 Å². The van der Waals surface area contributed by atoms with E-state index in [1.165, 1.54) is 5.56 Å². The van der Waals surface area contributed by atoms with Crippen LogP contribution in [-0.4, -0.2) is 52.0 Å². The number of carbonyl (C=O) groups is 1. The van der Waals surface area contributed by atoms with E-state index in [1.54, 1.807) is 12.3 Å². The molecule has 2 aliphatic heterocycles. The third-order valence-electron chi connectivity index (χ3n) is 5.89. The summed E-state index contributed by atoms with van der Waals surface area (Å²) < 4.78 is 0. The van der Waals surface area contributed by atoms with Crippen molar-refractivity contribution >= 4 is 5.91 Å². The van der Waals surface area contributed by atoms with Crippen LogP contribution in [0.3, 0.4) is 0 Å². The maximum atomic E-state index is 13.4. The average Bonchev–Trinajstić information content (AvgIpc) is 3.23. The van der Waals surface area contributed by atoms with Crippen LogP contribution in [0.2, 0.25) is 0 Å². The molecule has 0 radical (unpaired) electrons. The molecule has 0 bridgehead atoms. The number of hydrogen-bond acceptors (Lipinski definition) is 4. The van der Waals surface area contributed by atoms with Crippen molar-refractivity contribution in [2.75, 3.05) is 26.2 Å². The first-order valence-electron chi connectivity index (χ1n) is 9.94. The lowest BCUT2D eigenvalue weighted by atomic mass is 9.89. The molecule has 2 fully saturated rings. The molecule has 1 atom stereocenters. The van der Waals surface area contributed by atoms with Gasteiger partial charge in [-0.3, -0.25) is 14.7 Å². The summed E-state index contributed by atoms with van der Waals surface area (Å²) in [5.41, 5.74) is 2.17. The van der Waals surface area contributed by atoms with E-state index < -0.39 is 0 Å². The summed E-state index contributed by atoms with van der Waals surface area (Å²) in [4.78, 5) is 22.0. The van der Waals surface area contributed by atoms with Gasteiger partial charge in [0.05, 0.1) is 0 Å². The van der Waals surface area contributed by atoms with E-state index in [4.69, 9.17) is 0 Å². The standard InChI is InChI=1S/C22H27N3O2/c26-20-7-3-5-18(15-20)17-8-13-25(14-9-17)22(27)21(24-11-1-2-12-24)19-6-4-10-23-16-19/h3-7,10,15-17,21,26H,1-2,8-9,11-14H2. The molecule has 1 aromatic carbocycles. The number of phenolic OH excluding ortho intramolecular Hbond substituents is 1. The van der Waals surface area contributed by atoms with E-state index in [0.717, 1.165) is 57.4 Å². The summed E-state index contributed by atoms with van der Waals surface area (Å²) in [6.07, 6.45) is 7.79. The van der Waals surface area contributed by atoms with Crippen LogP contribution in [-0.2, 0) is 4.79 Å². The van der Waals surface area contributed by atoms with Crippen molar-refractivity contribution in [2.45, 2.75) is 37.6 Å². The molecule has 2 aliphatic rings. The van der Waals surface area contributed by atoms with Gasteiger partial charge in [0, 0.05) is 25.5 Å². The van der Waals surface area contributed by atoms with Gasteiger partial charge in [-0.25, -0.2) is 0 Å². The number of aromatic hydroxyl groups is 1. The number of amides is 1. The summed E-state index contributed by atoms with van der Waals surface area (Å²) in [6.45, 7) is 3.49. The fraction of sp³-hybridized carbons (Fsp3) is 0.455. The molecule has 0 aliphatic carbocycles. The Morgan fingerprint density at radius 1 is 1.07 bits per heavy atom. The lowest BCUT2D eigenvalue weighted by molar-refractivity contribution is -0.138. The van der Waals surface area contributed by atoms with Gasteiger partial charge >= 0.3 is 0 Å². The highest BCUT2D eigenvalue weighted by atomic mass is 16.3. The summed E-state index contributed by atoms with van der Waals surface area (Å²) in [6, 6.07) is 11.3. The molecule has 1 amide bonds. The molecule has 5 heteroatoms. The first-order chi connectivity index (χ1) is 13.2. The number of pyridine rings is 1. The van der Waals surface area contributed by atoms with Crippen LogP contribution in [0.5, 0.6) is 5.75 Å². The fourth-order valence-corrected chi connectivity index (χ4v) is 4.43. The summed E-state index contributed by atoms with van der Waals surface area (Å²) >= 11 is 0. The predicted octanol–water partition coefficient (Wildman–Crippen LogP) is 3.33. The Bertz CT molecular complexity index is 766. The monoisotopic (exact) mass is 365 g/mol. The fourth-order valence-electron chi connectivity index (χ4n) is 4.43. The van der Waals surface area contributed by atoms with Gasteiger partial charge in [-0.15, -0.1) is 0 Å². The second kappa shape index (κ2) is 8.09. The molecular formula is C22H27N3O2. The molecule has 4 rings (SSSR count). The third kappa shape index (κ3) is 3.98. The van der Waals surface area contributed by atoms with E-state index in [2.05, 4.69) is 16.0 Å². The summed E-state index contributed by atoms with van der Waals surface area (Å²) in [7, 11) is 0. The quantitative estimate of drug-likeness (QED) is 0.903. The number of hydrogen-bond donors (Lipinski definition) is 1.